The van der Waals surface area contributed by atoms with Crippen LogP contribution in [0.15, 0.2) is 45.8 Å². The third-order valence-corrected chi connectivity index (χ3v) is 5.09. The van der Waals surface area contributed by atoms with Crippen LogP contribution in [-0.4, -0.2) is 17.7 Å². The van der Waals surface area contributed by atoms with Crippen LogP contribution in [0, 0.1) is 6.92 Å². The number of aromatic hydroxyl groups is 1. The van der Waals surface area contributed by atoms with E-state index in [0.717, 1.165) is 15.8 Å². The topological polar surface area (TPSA) is 46.5 Å². The fourth-order valence-corrected chi connectivity index (χ4v) is 3.84. The molecule has 0 spiro atoms. The second-order valence-corrected chi connectivity index (χ2v) is 7.46. The number of carbonyl (C=O) groups is 1. The zero-order valence-electron chi connectivity index (χ0n) is 13.8. The zero-order chi connectivity index (χ0) is 17.5. The lowest BCUT2D eigenvalue weighted by molar-refractivity contribution is -0.143. The van der Waals surface area contributed by atoms with Gasteiger partial charge in [0.1, 0.15) is 5.75 Å². The van der Waals surface area contributed by atoms with Crippen molar-refractivity contribution in [3.8, 4) is 5.75 Å². The molecule has 0 aliphatic carbocycles. The molecule has 0 amide bonds. The molecule has 5 heteroatoms. The summed E-state index contributed by atoms with van der Waals surface area (Å²) in [5.74, 6) is 0.907. The highest BCUT2D eigenvalue weighted by molar-refractivity contribution is 9.10. The summed E-state index contributed by atoms with van der Waals surface area (Å²) in [6.45, 7) is 4.31. The number of thioether (sulfide) groups is 1. The van der Waals surface area contributed by atoms with Crippen molar-refractivity contribution in [3.05, 3.63) is 57.6 Å². The van der Waals surface area contributed by atoms with E-state index in [1.807, 2.05) is 13.0 Å². The van der Waals surface area contributed by atoms with Crippen LogP contribution < -0.4 is 0 Å². The van der Waals surface area contributed by atoms with Crippen molar-refractivity contribution in [2.75, 3.05) is 6.61 Å². The van der Waals surface area contributed by atoms with E-state index >= 15 is 0 Å². The molecular weight excluding hydrogens is 388 g/mol. The minimum Gasteiger partial charge on any atom is -0.508 e. The molecule has 0 saturated carbocycles. The summed E-state index contributed by atoms with van der Waals surface area (Å²) in [5, 5.41) is 9.64. The van der Waals surface area contributed by atoms with Gasteiger partial charge in [0.05, 0.1) is 6.61 Å². The second-order valence-electron chi connectivity index (χ2n) is 5.50. The Morgan fingerprint density at radius 2 is 2.04 bits per heavy atom. The van der Waals surface area contributed by atoms with Gasteiger partial charge in [0, 0.05) is 21.5 Å². The van der Waals surface area contributed by atoms with Gasteiger partial charge >= 0.3 is 5.97 Å². The molecule has 0 atom stereocenters. The van der Waals surface area contributed by atoms with Gasteiger partial charge in [0.25, 0.3) is 0 Å². The molecule has 2 aromatic carbocycles. The summed E-state index contributed by atoms with van der Waals surface area (Å²) in [4.78, 5) is 12.6. The average molecular weight is 409 g/mol. The van der Waals surface area contributed by atoms with Crippen LogP contribution in [0.3, 0.4) is 0 Å². The molecule has 0 aliphatic rings. The van der Waals surface area contributed by atoms with Crippen molar-refractivity contribution in [2.24, 2.45) is 0 Å². The van der Waals surface area contributed by atoms with E-state index in [2.05, 4.69) is 41.1 Å². The number of hydrogen-bond acceptors (Lipinski definition) is 4. The van der Waals surface area contributed by atoms with Gasteiger partial charge in [0.15, 0.2) is 0 Å². The summed E-state index contributed by atoms with van der Waals surface area (Å²) >= 11 is 5.12. The van der Waals surface area contributed by atoms with Crippen molar-refractivity contribution >= 4 is 33.7 Å². The molecule has 2 aromatic rings. The van der Waals surface area contributed by atoms with Gasteiger partial charge in [-0.25, -0.2) is 0 Å². The molecular formula is C19H21BrO3S. The fourth-order valence-electron chi connectivity index (χ4n) is 2.39. The third-order valence-electron chi connectivity index (χ3n) is 3.57. The molecule has 0 heterocycles. The summed E-state index contributed by atoms with van der Waals surface area (Å²) in [6.07, 6.45) is 1.12. The monoisotopic (exact) mass is 408 g/mol. The molecule has 1 N–H and O–H groups in total. The van der Waals surface area contributed by atoms with Crippen molar-refractivity contribution in [2.45, 2.75) is 37.3 Å². The van der Waals surface area contributed by atoms with Crippen LogP contribution in [-0.2, 0) is 21.7 Å². The highest BCUT2D eigenvalue weighted by atomic mass is 79.9. The van der Waals surface area contributed by atoms with Gasteiger partial charge in [-0.3, -0.25) is 4.79 Å². The van der Waals surface area contributed by atoms with Gasteiger partial charge in [-0.2, -0.15) is 0 Å². The van der Waals surface area contributed by atoms with Gasteiger partial charge in [-0.15, -0.1) is 11.8 Å². The normalized spacial score (nSPS) is 10.6. The van der Waals surface area contributed by atoms with E-state index in [9.17, 15) is 9.90 Å². The number of esters is 1. The van der Waals surface area contributed by atoms with Crippen LogP contribution in [0.2, 0.25) is 0 Å². The first-order chi connectivity index (χ1) is 11.5. The first-order valence-corrected chi connectivity index (χ1v) is 9.62. The Bertz CT molecular complexity index is 696. The third kappa shape index (κ3) is 5.87. The molecule has 3 nitrogen and oxygen atoms in total. The quantitative estimate of drug-likeness (QED) is 0.501. The number of carbonyl (C=O) groups excluding carboxylic acids is 1. The highest BCUT2D eigenvalue weighted by Gasteiger charge is 2.06. The fraction of sp³-hybridized carbons (Fsp3) is 0.316. The van der Waals surface area contributed by atoms with Gasteiger partial charge in [-0.1, -0.05) is 22.0 Å². The second kappa shape index (κ2) is 9.14. The Balaban J connectivity index is 1.95. The standard InChI is InChI=1S/C19H21BrO3S/c1-3-23-19(22)7-5-15-4-6-18(8-13(15)2)24-12-14-9-16(20)11-17(21)10-14/h4,6,8-11,21H,3,5,7,12H2,1-2H3. The molecule has 0 saturated heterocycles. The number of rotatable bonds is 7. The number of benzene rings is 2. The van der Waals surface area contributed by atoms with Crippen molar-refractivity contribution in [1.82, 2.24) is 0 Å². The predicted octanol–water partition coefficient (Wildman–Crippen LogP) is 5.25. The van der Waals surface area contributed by atoms with Gasteiger partial charge in [-0.05, 0) is 67.3 Å². The maximum Gasteiger partial charge on any atom is 0.306 e. The smallest absolute Gasteiger partial charge is 0.306 e. The number of phenols is 1. The Labute approximate surface area is 155 Å². The molecule has 128 valence electrons. The Morgan fingerprint density at radius 3 is 2.71 bits per heavy atom. The molecule has 0 aliphatic heterocycles. The molecule has 2 rings (SSSR count). The molecule has 0 fully saturated rings. The van der Waals surface area contributed by atoms with E-state index < -0.39 is 0 Å². The summed E-state index contributed by atoms with van der Waals surface area (Å²) in [5.41, 5.74) is 3.42. The van der Waals surface area contributed by atoms with E-state index in [0.29, 0.717) is 19.4 Å². The minimum absolute atomic E-state index is 0.148. The van der Waals surface area contributed by atoms with Gasteiger partial charge < -0.3 is 9.84 Å². The van der Waals surface area contributed by atoms with E-state index in [1.54, 1.807) is 23.9 Å². The molecule has 24 heavy (non-hydrogen) atoms. The first kappa shape index (κ1) is 18.9. The average Bonchev–Trinajstić information content (AvgIpc) is 2.51. The molecule has 0 unspecified atom stereocenters. The summed E-state index contributed by atoms with van der Waals surface area (Å²) in [6, 6.07) is 11.8. The van der Waals surface area contributed by atoms with E-state index in [4.69, 9.17) is 4.74 Å². The number of hydrogen-bond donors (Lipinski definition) is 1. The van der Waals surface area contributed by atoms with E-state index in [1.165, 1.54) is 16.0 Å². The van der Waals surface area contributed by atoms with Crippen LogP contribution in [0.1, 0.15) is 30.0 Å². The molecule has 0 radical (unpaired) electrons. The van der Waals surface area contributed by atoms with Crippen LogP contribution in [0.5, 0.6) is 5.75 Å². The number of ether oxygens (including phenoxy) is 1. The maximum absolute atomic E-state index is 11.5. The maximum atomic E-state index is 11.5. The molecule has 0 aromatic heterocycles. The van der Waals surface area contributed by atoms with Crippen molar-refractivity contribution in [1.29, 1.82) is 0 Å². The zero-order valence-corrected chi connectivity index (χ0v) is 16.2. The van der Waals surface area contributed by atoms with E-state index in [-0.39, 0.29) is 11.7 Å². The highest BCUT2D eigenvalue weighted by Crippen LogP contribution is 2.28. The van der Waals surface area contributed by atoms with Gasteiger partial charge in [0.2, 0.25) is 0 Å². The number of phenolic OH excluding ortho intramolecular Hbond substituents is 1. The first-order valence-electron chi connectivity index (χ1n) is 7.84. The SMILES string of the molecule is CCOC(=O)CCc1ccc(SCc2cc(O)cc(Br)c2)cc1C. The lowest BCUT2D eigenvalue weighted by atomic mass is 10.0. The predicted molar refractivity (Wildman–Crippen MR) is 102 cm³/mol. The van der Waals surface area contributed by atoms with Crippen molar-refractivity contribution in [3.63, 3.8) is 0 Å². The lowest BCUT2D eigenvalue weighted by Crippen LogP contribution is -2.05. The largest absolute Gasteiger partial charge is 0.508 e. The summed E-state index contributed by atoms with van der Waals surface area (Å²) in [7, 11) is 0. The number of halogens is 1. The van der Waals surface area contributed by atoms with Crippen LogP contribution in [0.25, 0.3) is 0 Å². The summed E-state index contributed by atoms with van der Waals surface area (Å²) < 4.78 is 5.85. The number of aryl methyl sites for hydroxylation is 2. The Morgan fingerprint density at radius 1 is 1.25 bits per heavy atom. The minimum atomic E-state index is -0.148. The van der Waals surface area contributed by atoms with Crippen LogP contribution in [0.4, 0.5) is 0 Å². The van der Waals surface area contributed by atoms with Crippen molar-refractivity contribution < 1.29 is 14.6 Å². The Hall–Kier alpha value is -1.46. The Kier molecular flexibility index (Phi) is 7.18. The molecule has 0 bridgehead atoms. The van der Waals surface area contributed by atoms with Crippen LogP contribution >= 0.6 is 27.7 Å². The lowest BCUT2D eigenvalue weighted by Gasteiger charge is -2.09.